The summed E-state index contributed by atoms with van der Waals surface area (Å²) in [6.45, 7) is 1.89. The predicted octanol–water partition coefficient (Wildman–Crippen LogP) is 4.38. The molecule has 0 saturated heterocycles. The van der Waals surface area contributed by atoms with E-state index in [0.717, 1.165) is 31.2 Å². The smallest absolute Gasteiger partial charge is 0.349 e. The topological polar surface area (TPSA) is 85.6 Å². The molecular formula is C24H23NO5. The van der Waals surface area contributed by atoms with Gasteiger partial charge in [-0.25, -0.2) is 9.59 Å². The summed E-state index contributed by atoms with van der Waals surface area (Å²) < 4.78 is 10.7. The molecule has 0 spiro atoms. The monoisotopic (exact) mass is 405 g/mol. The van der Waals surface area contributed by atoms with Gasteiger partial charge in [0.2, 0.25) is 0 Å². The summed E-state index contributed by atoms with van der Waals surface area (Å²) in [7, 11) is 0. The molecule has 0 bridgehead atoms. The van der Waals surface area contributed by atoms with Crippen molar-refractivity contribution in [1.29, 1.82) is 0 Å². The number of benzene rings is 2. The fraction of sp³-hybridized carbons (Fsp3) is 0.292. The first-order valence-electron chi connectivity index (χ1n) is 10.2. The molecule has 1 N–H and O–H groups in total. The van der Waals surface area contributed by atoms with Gasteiger partial charge in [-0.3, -0.25) is 4.79 Å². The van der Waals surface area contributed by atoms with Crippen molar-refractivity contribution >= 4 is 22.8 Å². The first-order chi connectivity index (χ1) is 14.5. The molecule has 6 heteroatoms. The van der Waals surface area contributed by atoms with E-state index in [4.69, 9.17) is 9.15 Å². The lowest BCUT2D eigenvalue weighted by Gasteiger charge is -2.22. The summed E-state index contributed by atoms with van der Waals surface area (Å²) in [6.07, 6.45) is 5.21. The number of ether oxygens (including phenoxy) is 1. The van der Waals surface area contributed by atoms with Crippen LogP contribution < -0.4 is 15.7 Å². The predicted molar refractivity (Wildman–Crippen MR) is 113 cm³/mol. The van der Waals surface area contributed by atoms with Gasteiger partial charge in [-0.15, -0.1) is 0 Å². The molecule has 30 heavy (non-hydrogen) atoms. The lowest BCUT2D eigenvalue weighted by Crippen LogP contribution is -2.38. The van der Waals surface area contributed by atoms with Crippen LogP contribution in [0.3, 0.4) is 0 Å². The molecule has 1 saturated carbocycles. The zero-order valence-corrected chi connectivity index (χ0v) is 16.8. The maximum Gasteiger partial charge on any atom is 0.349 e. The zero-order chi connectivity index (χ0) is 21.1. The summed E-state index contributed by atoms with van der Waals surface area (Å²) >= 11 is 0. The average molecular weight is 405 g/mol. The molecule has 2 aromatic carbocycles. The minimum atomic E-state index is -0.710. The SMILES string of the molecule is Cc1cccc(C(=O)Oc2ccc3cc(C(=O)NC4CCCCC4)c(=O)oc3c2)c1. The van der Waals surface area contributed by atoms with E-state index in [-0.39, 0.29) is 22.9 Å². The van der Waals surface area contributed by atoms with Crippen molar-refractivity contribution in [3.63, 3.8) is 0 Å². The van der Waals surface area contributed by atoms with Crippen LogP contribution in [-0.2, 0) is 0 Å². The van der Waals surface area contributed by atoms with Crippen molar-refractivity contribution in [3.8, 4) is 5.75 Å². The summed E-state index contributed by atoms with van der Waals surface area (Å²) in [6, 6.07) is 13.5. The number of rotatable bonds is 4. The van der Waals surface area contributed by atoms with Crippen LogP contribution in [0.25, 0.3) is 11.0 Å². The summed E-state index contributed by atoms with van der Waals surface area (Å²) in [4.78, 5) is 37.2. The van der Waals surface area contributed by atoms with Crippen molar-refractivity contribution in [3.05, 3.63) is 75.6 Å². The molecule has 1 amide bonds. The minimum Gasteiger partial charge on any atom is -0.423 e. The van der Waals surface area contributed by atoms with Crippen LogP contribution in [0.4, 0.5) is 0 Å². The molecule has 1 aromatic heterocycles. The van der Waals surface area contributed by atoms with Crippen molar-refractivity contribution in [2.24, 2.45) is 0 Å². The molecule has 1 aliphatic carbocycles. The number of aryl methyl sites for hydroxylation is 1. The Morgan fingerprint density at radius 3 is 2.60 bits per heavy atom. The third-order valence-electron chi connectivity index (χ3n) is 5.36. The Balaban J connectivity index is 1.54. The second-order valence-corrected chi connectivity index (χ2v) is 7.71. The van der Waals surface area contributed by atoms with Gasteiger partial charge in [0.05, 0.1) is 5.56 Å². The number of carbonyl (C=O) groups excluding carboxylic acids is 2. The highest BCUT2D eigenvalue weighted by Crippen LogP contribution is 2.22. The number of fused-ring (bicyclic) bond motifs is 1. The van der Waals surface area contributed by atoms with Crippen LogP contribution in [0.1, 0.15) is 58.4 Å². The van der Waals surface area contributed by atoms with E-state index in [1.807, 2.05) is 13.0 Å². The van der Waals surface area contributed by atoms with Gasteiger partial charge in [0.25, 0.3) is 5.91 Å². The van der Waals surface area contributed by atoms with E-state index >= 15 is 0 Å². The number of carbonyl (C=O) groups is 2. The maximum absolute atomic E-state index is 12.5. The Bertz CT molecular complexity index is 1160. The normalized spacial score (nSPS) is 14.4. The van der Waals surface area contributed by atoms with Crippen LogP contribution in [-0.4, -0.2) is 17.9 Å². The van der Waals surface area contributed by atoms with Gasteiger partial charge in [0.1, 0.15) is 16.9 Å². The van der Waals surface area contributed by atoms with Gasteiger partial charge >= 0.3 is 11.6 Å². The average Bonchev–Trinajstić information content (AvgIpc) is 2.74. The Labute approximate surface area is 173 Å². The van der Waals surface area contributed by atoms with Crippen LogP contribution in [0.15, 0.2) is 57.7 Å². The Morgan fingerprint density at radius 2 is 1.83 bits per heavy atom. The fourth-order valence-electron chi connectivity index (χ4n) is 3.76. The van der Waals surface area contributed by atoms with Crippen LogP contribution >= 0.6 is 0 Å². The molecule has 1 fully saturated rings. The second kappa shape index (κ2) is 8.53. The molecule has 1 aliphatic rings. The molecule has 1 heterocycles. The van der Waals surface area contributed by atoms with Crippen molar-refractivity contribution in [2.45, 2.75) is 45.1 Å². The molecule has 3 aromatic rings. The van der Waals surface area contributed by atoms with E-state index in [1.165, 1.54) is 18.6 Å². The molecule has 0 radical (unpaired) electrons. The largest absolute Gasteiger partial charge is 0.423 e. The van der Waals surface area contributed by atoms with E-state index < -0.39 is 17.5 Å². The first kappa shape index (κ1) is 19.9. The number of esters is 1. The number of hydrogen-bond acceptors (Lipinski definition) is 5. The molecule has 154 valence electrons. The lowest BCUT2D eigenvalue weighted by molar-refractivity contribution is 0.0734. The van der Waals surface area contributed by atoms with Crippen molar-refractivity contribution < 1.29 is 18.7 Å². The standard InChI is InChI=1S/C24H23NO5/c1-15-6-5-7-17(12-15)23(27)29-19-11-10-16-13-20(24(28)30-21(16)14-19)22(26)25-18-8-3-2-4-9-18/h5-7,10-14,18H,2-4,8-9H2,1H3,(H,25,26). The summed E-state index contributed by atoms with van der Waals surface area (Å²) in [5.74, 6) is -0.645. The Kier molecular flexibility index (Phi) is 5.65. The third kappa shape index (κ3) is 4.43. The van der Waals surface area contributed by atoms with E-state index in [1.54, 1.807) is 30.3 Å². The van der Waals surface area contributed by atoms with E-state index in [2.05, 4.69) is 5.32 Å². The maximum atomic E-state index is 12.5. The molecule has 0 unspecified atom stereocenters. The van der Waals surface area contributed by atoms with Gasteiger partial charge in [0, 0.05) is 17.5 Å². The van der Waals surface area contributed by atoms with Crippen molar-refractivity contribution in [2.75, 3.05) is 0 Å². The third-order valence-corrected chi connectivity index (χ3v) is 5.36. The van der Waals surface area contributed by atoms with Crippen LogP contribution in [0.2, 0.25) is 0 Å². The summed E-state index contributed by atoms with van der Waals surface area (Å²) in [5.41, 5.74) is 0.915. The van der Waals surface area contributed by atoms with Gasteiger partial charge < -0.3 is 14.5 Å². The van der Waals surface area contributed by atoms with E-state index in [0.29, 0.717) is 10.9 Å². The number of amides is 1. The molecule has 6 nitrogen and oxygen atoms in total. The Hall–Kier alpha value is -3.41. The zero-order valence-electron chi connectivity index (χ0n) is 16.8. The van der Waals surface area contributed by atoms with Crippen LogP contribution in [0.5, 0.6) is 5.75 Å². The van der Waals surface area contributed by atoms with Crippen LogP contribution in [0, 0.1) is 6.92 Å². The van der Waals surface area contributed by atoms with Gasteiger partial charge in [-0.2, -0.15) is 0 Å². The quantitative estimate of drug-likeness (QED) is 0.395. The highest BCUT2D eigenvalue weighted by atomic mass is 16.5. The molecule has 0 aliphatic heterocycles. The molecular weight excluding hydrogens is 382 g/mol. The van der Waals surface area contributed by atoms with Gasteiger partial charge in [0.15, 0.2) is 0 Å². The first-order valence-corrected chi connectivity index (χ1v) is 10.2. The van der Waals surface area contributed by atoms with Crippen molar-refractivity contribution in [1.82, 2.24) is 5.32 Å². The highest BCUT2D eigenvalue weighted by Gasteiger charge is 2.20. The molecule has 0 atom stereocenters. The Morgan fingerprint density at radius 1 is 1.03 bits per heavy atom. The van der Waals surface area contributed by atoms with Gasteiger partial charge in [-0.1, -0.05) is 37.0 Å². The second-order valence-electron chi connectivity index (χ2n) is 7.71. The minimum absolute atomic E-state index is 0.0161. The fourth-order valence-corrected chi connectivity index (χ4v) is 3.76. The van der Waals surface area contributed by atoms with E-state index in [9.17, 15) is 14.4 Å². The summed E-state index contributed by atoms with van der Waals surface area (Å²) in [5, 5.41) is 3.51. The number of nitrogens with one attached hydrogen (secondary N) is 1. The highest BCUT2D eigenvalue weighted by molar-refractivity contribution is 5.97. The lowest BCUT2D eigenvalue weighted by atomic mass is 9.95. The number of hydrogen-bond donors (Lipinski definition) is 1. The molecule has 4 rings (SSSR count). The van der Waals surface area contributed by atoms with Gasteiger partial charge in [-0.05, 0) is 50.1 Å².